The van der Waals surface area contributed by atoms with E-state index in [1.807, 2.05) is 0 Å². The maximum Gasteiger partial charge on any atom is -0.0360 e. The summed E-state index contributed by atoms with van der Waals surface area (Å²) in [6.45, 7) is 14.4. The highest BCUT2D eigenvalue weighted by molar-refractivity contribution is 4.73. The van der Waals surface area contributed by atoms with Crippen molar-refractivity contribution in [3.8, 4) is 0 Å². The van der Waals surface area contributed by atoms with Crippen molar-refractivity contribution in [1.29, 1.82) is 0 Å². The molecule has 0 aromatic heterocycles. The van der Waals surface area contributed by atoms with Crippen LogP contribution in [0.15, 0.2) is 0 Å². The fourth-order valence-electron chi connectivity index (χ4n) is 2.96. The van der Waals surface area contributed by atoms with Gasteiger partial charge in [-0.25, -0.2) is 0 Å². The summed E-state index contributed by atoms with van der Waals surface area (Å²) in [7, 11) is 0. The third-order valence-corrected chi connectivity index (χ3v) is 4.72. The van der Waals surface area contributed by atoms with Crippen LogP contribution in [0.3, 0.4) is 0 Å². The molecule has 0 radical (unpaired) electrons. The van der Waals surface area contributed by atoms with Crippen LogP contribution in [0.2, 0.25) is 0 Å². The quantitative estimate of drug-likeness (QED) is 0.393. The van der Waals surface area contributed by atoms with E-state index in [-0.39, 0.29) is 0 Å². The smallest absolute Gasteiger partial charge is 0.0360 e. The van der Waals surface area contributed by atoms with Gasteiger partial charge in [0.15, 0.2) is 0 Å². The average molecular weight is 240 g/mol. The molecule has 0 N–H and O–H groups in total. The van der Waals surface area contributed by atoms with Gasteiger partial charge in [0.25, 0.3) is 0 Å². The lowest BCUT2D eigenvalue weighted by Crippen LogP contribution is -2.21. The lowest BCUT2D eigenvalue weighted by molar-refractivity contribution is 0.195. The standard InChI is InChI=1S/C17H36/c1-7-10-11-12-14(4)13-17(15(5)8-2)16(6)9-3/h14-17H,7-13H2,1-6H3. The van der Waals surface area contributed by atoms with Crippen LogP contribution >= 0.6 is 0 Å². The van der Waals surface area contributed by atoms with E-state index in [4.69, 9.17) is 0 Å². The highest BCUT2D eigenvalue weighted by Crippen LogP contribution is 2.33. The Labute approximate surface area is 111 Å². The number of rotatable bonds is 10. The van der Waals surface area contributed by atoms with Crippen molar-refractivity contribution in [2.45, 2.75) is 86.5 Å². The van der Waals surface area contributed by atoms with E-state index >= 15 is 0 Å². The van der Waals surface area contributed by atoms with E-state index in [1.54, 1.807) is 0 Å². The van der Waals surface area contributed by atoms with Gasteiger partial charge in [-0.2, -0.15) is 0 Å². The zero-order valence-corrected chi connectivity index (χ0v) is 13.3. The monoisotopic (exact) mass is 240 g/mol. The van der Waals surface area contributed by atoms with Gasteiger partial charge in [-0.05, 0) is 30.1 Å². The molecule has 0 aromatic carbocycles. The zero-order valence-electron chi connectivity index (χ0n) is 13.3. The fourth-order valence-corrected chi connectivity index (χ4v) is 2.96. The summed E-state index contributed by atoms with van der Waals surface area (Å²) in [5, 5.41) is 0. The summed E-state index contributed by atoms with van der Waals surface area (Å²) < 4.78 is 0. The molecule has 0 saturated heterocycles. The number of unbranched alkanes of at least 4 members (excludes halogenated alkanes) is 2. The van der Waals surface area contributed by atoms with Crippen LogP contribution in [-0.4, -0.2) is 0 Å². The summed E-state index contributed by atoms with van der Waals surface area (Å²) >= 11 is 0. The van der Waals surface area contributed by atoms with Crippen LogP contribution in [0.4, 0.5) is 0 Å². The van der Waals surface area contributed by atoms with Crippen LogP contribution in [0.25, 0.3) is 0 Å². The number of hydrogen-bond donors (Lipinski definition) is 0. The van der Waals surface area contributed by atoms with E-state index < -0.39 is 0 Å². The molecule has 3 atom stereocenters. The minimum atomic E-state index is 0.901. The molecular weight excluding hydrogens is 204 g/mol. The summed E-state index contributed by atoms with van der Waals surface area (Å²) in [6, 6.07) is 0. The Morgan fingerprint density at radius 3 is 1.71 bits per heavy atom. The Bertz CT molecular complexity index is 151. The first-order valence-electron chi connectivity index (χ1n) is 8.06. The second-order valence-corrected chi connectivity index (χ2v) is 6.27. The molecule has 0 aliphatic carbocycles. The summed E-state index contributed by atoms with van der Waals surface area (Å²) in [4.78, 5) is 0. The summed E-state index contributed by atoms with van der Waals surface area (Å²) in [6.07, 6.45) is 9.79. The molecule has 0 heterocycles. The largest absolute Gasteiger partial charge is 0.0654 e. The second kappa shape index (κ2) is 9.97. The van der Waals surface area contributed by atoms with Crippen molar-refractivity contribution in [2.24, 2.45) is 23.7 Å². The predicted molar refractivity (Wildman–Crippen MR) is 80.3 cm³/mol. The first kappa shape index (κ1) is 17.0. The van der Waals surface area contributed by atoms with Gasteiger partial charge >= 0.3 is 0 Å². The fraction of sp³-hybridized carbons (Fsp3) is 1.00. The molecular formula is C17H36. The van der Waals surface area contributed by atoms with E-state index in [0.717, 1.165) is 23.7 Å². The molecule has 3 unspecified atom stereocenters. The summed E-state index contributed by atoms with van der Waals surface area (Å²) in [5.41, 5.74) is 0. The van der Waals surface area contributed by atoms with Crippen molar-refractivity contribution in [2.75, 3.05) is 0 Å². The van der Waals surface area contributed by atoms with Gasteiger partial charge in [-0.3, -0.25) is 0 Å². The van der Waals surface area contributed by atoms with Crippen LogP contribution in [-0.2, 0) is 0 Å². The normalized spacial score (nSPS) is 18.7. The summed E-state index contributed by atoms with van der Waals surface area (Å²) in [5.74, 6) is 3.67. The molecule has 0 spiro atoms. The lowest BCUT2D eigenvalue weighted by Gasteiger charge is -2.31. The molecule has 0 saturated carbocycles. The van der Waals surface area contributed by atoms with Crippen molar-refractivity contribution in [3.63, 3.8) is 0 Å². The van der Waals surface area contributed by atoms with Crippen molar-refractivity contribution in [1.82, 2.24) is 0 Å². The third kappa shape index (κ3) is 7.11. The Balaban J connectivity index is 4.13. The molecule has 0 rings (SSSR count). The van der Waals surface area contributed by atoms with Gasteiger partial charge in [0.05, 0.1) is 0 Å². The molecule has 0 aliphatic rings. The molecule has 0 amide bonds. The van der Waals surface area contributed by atoms with E-state index in [9.17, 15) is 0 Å². The first-order chi connectivity index (χ1) is 8.06. The van der Waals surface area contributed by atoms with Crippen LogP contribution in [0.5, 0.6) is 0 Å². The molecule has 0 nitrogen and oxygen atoms in total. The Kier molecular flexibility index (Phi) is 9.97. The minimum absolute atomic E-state index is 0.901. The maximum atomic E-state index is 2.47. The number of hydrogen-bond acceptors (Lipinski definition) is 0. The van der Waals surface area contributed by atoms with Gasteiger partial charge in [0.2, 0.25) is 0 Å². The molecule has 0 aromatic rings. The van der Waals surface area contributed by atoms with Crippen molar-refractivity contribution < 1.29 is 0 Å². The Morgan fingerprint density at radius 1 is 0.765 bits per heavy atom. The Morgan fingerprint density at radius 2 is 1.29 bits per heavy atom. The highest BCUT2D eigenvalue weighted by Gasteiger charge is 2.23. The van der Waals surface area contributed by atoms with Crippen LogP contribution in [0.1, 0.15) is 86.5 Å². The van der Waals surface area contributed by atoms with E-state index in [0.29, 0.717) is 0 Å². The van der Waals surface area contributed by atoms with Gasteiger partial charge in [-0.15, -0.1) is 0 Å². The molecule has 17 heavy (non-hydrogen) atoms. The SMILES string of the molecule is CCCCCC(C)CC(C(C)CC)C(C)CC. The highest BCUT2D eigenvalue weighted by atomic mass is 14.3. The predicted octanol–water partition coefficient (Wildman–Crippen LogP) is 6.30. The van der Waals surface area contributed by atoms with E-state index in [2.05, 4.69) is 41.5 Å². The first-order valence-corrected chi connectivity index (χ1v) is 8.06. The average Bonchev–Trinajstić information content (AvgIpc) is 2.34. The molecule has 0 fully saturated rings. The van der Waals surface area contributed by atoms with Gasteiger partial charge in [0, 0.05) is 0 Å². The van der Waals surface area contributed by atoms with Gasteiger partial charge < -0.3 is 0 Å². The third-order valence-electron chi connectivity index (χ3n) is 4.72. The van der Waals surface area contributed by atoms with E-state index in [1.165, 1.54) is 44.9 Å². The van der Waals surface area contributed by atoms with Gasteiger partial charge in [-0.1, -0.05) is 80.1 Å². The van der Waals surface area contributed by atoms with Gasteiger partial charge in [0.1, 0.15) is 0 Å². The second-order valence-electron chi connectivity index (χ2n) is 6.27. The molecule has 0 heteroatoms. The minimum Gasteiger partial charge on any atom is -0.0654 e. The maximum absolute atomic E-state index is 2.47. The molecule has 104 valence electrons. The van der Waals surface area contributed by atoms with Crippen LogP contribution in [0, 0.1) is 23.7 Å². The van der Waals surface area contributed by atoms with Crippen molar-refractivity contribution >= 4 is 0 Å². The van der Waals surface area contributed by atoms with Crippen molar-refractivity contribution in [3.05, 3.63) is 0 Å². The van der Waals surface area contributed by atoms with Crippen LogP contribution < -0.4 is 0 Å². The molecule has 0 bridgehead atoms. The topological polar surface area (TPSA) is 0 Å². The molecule has 0 aliphatic heterocycles. The Hall–Kier alpha value is 0. The zero-order chi connectivity index (χ0) is 13.3. The lowest BCUT2D eigenvalue weighted by atomic mass is 9.75.